The molecule has 0 heterocycles. The lowest BCUT2D eigenvalue weighted by Crippen LogP contribution is -2.03. The molecule has 0 fully saturated rings. The molecule has 0 radical (unpaired) electrons. The average molecular weight is 357 g/mol. The van der Waals surface area contributed by atoms with Gasteiger partial charge in [-0.05, 0) is 52.2 Å². The summed E-state index contributed by atoms with van der Waals surface area (Å²) in [7, 11) is 1.65. The highest BCUT2D eigenvalue weighted by atomic mass is 79.9. The minimum atomic E-state index is -0.633. The number of hydrogen-bond acceptors (Lipinski definition) is 2. The van der Waals surface area contributed by atoms with E-state index in [1.807, 2.05) is 12.1 Å². The second-order valence-corrected chi connectivity index (χ2v) is 5.35. The van der Waals surface area contributed by atoms with Crippen LogP contribution in [0.4, 0.5) is 8.78 Å². The van der Waals surface area contributed by atoms with Gasteiger partial charge < -0.3 is 9.47 Å². The van der Waals surface area contributed by atoms with Gasteiger partial charge in [0.1, 0.15) is 24.0 Å². The van der Waals surface area contributed by atoms with Crippen molar-refractivity contribution in [1.82, 2.24) is 0 Å². The molecule has 2 aromatic carbocycles. The van der Waals surface area contributed by atoms with E-state index in [0.717, 1.165) is 12.0 Å². The summed E-state index contributed by atoms with van der Waals surface area (Å²) in [4.78, 5) is 0. The van der Waals surface area contributed by atoms with Gasteiger partial charge in [-0.1, -0.05) is 12.1 Å². The zero-order valence-electron chi connectivity index (χ0n) is 11.5. The Balaban J connectivity index is 2.02. The van der Waals surface area contributed by atoms with Crippen LogP contribution >= 0.6 is 15.9 Å². The Morgan fingerprint density at radius 3 is 2.43 bits per heavy atom. The third-order valence-corrected chi connectivity index (χ3v) is 3.65. The smallest absolute Gasteiger partial charge is 0.146 e. The molecule has 0 spiro atoms. The number of rotatable bonds is 6. The molecule has 2 nitrogen and oxygen atoms in total. The number of ether oxygens (including phenoxy) is 2. The van der Waals surface area contributed by atoms with E-state index in [4.69, 9.17) is 9.47 Å². The lowest BCUT2D eigenvalue weighted by atomic mass is 10.1. The monoisotopic (exact) mass is 356 g/mol. The van der Waals surface area contributed by atoms with E-state index in [1.165, 1.54) is 12.1 Å². The molecule has 0 aliphatic heterocycles. The summed E-state index contributed by atoms with van der Waals surface area (Å²) in [6.45, 7) is 0.489. The van der Waals surface area contributed by atoms with Crippen LogP contribution in [-0.2, 0) is 17.8 Å². The van der Waals surface area contributed by atoms with Crippen molar-refractivity contribution >= 4 is 15.9 Å². The van der Waals surface area contributed by atoms with Gasteiger partial charge in [0, 0.05) is 7.11 Å². The molecular weight excluding hydrogens is 342 g/mol. The highest BCUT2D eigenvalue weighted by molar-refractivity contribution is 9.10. The molecule has 2 rings (SSSR count). The van der Waals surface area contributed by atoms with Crippen LogP contribution < -0.4 is 4.74 Å². The molecule has 0 unspecified atom stereocenters. The van der Waals surface area contributed by atoms with Gasteiger partial charge in [-0.25, -0.2) is 8.78 Å². The van der Waals surface area contributed by atoms with Crippen molar-refractivity contribution in [2.75, 3.05) is 13.7 Å². The molecule has 0 atom stereocenters. The maximum Gasteiger partial charge on any atom is 0.146 e. The zero-order chi connectivity index (χ0) is 15.2. The van der Waals surface area contributed by atoms with Gasteiger partial charge in [0.05, 0.1) is 16.6 Å². The Labute approximate surface area is 130 Å². The molecule has 0 saturated heterocycles. The summed E-state index contributed by atoms with van der Waals surface area (Å²) in [6.07, 6.45) is 0.811. The highest BCUT2D eigenvalue weighted by Crippen LogP contribution is 2.23. The van der Waals surface area contributed by atoms with Crippen LogP contribution in [-0.4, -0.2) is 13.7 Å². The Kier molecular flexibility index (Phi) is 5.70. The Morgan fingerprint density at radius 1 is 1.05 bits per heavy atom. The molecule has 0 aliphatic rings. The van der Waals surface area contributed by atoms with Crippen LogP contribution in [0.25, 0.3) is 0 Å². The van der Waals surface area contributed by atoms with E-state index in [-0.39, 0.29) is 16.6 Å². The van der Waals surface area contributed by atoms with Gasteiger partial charge in [0.2, 0.25) is 0 Å². The van der Waals surface area contributed by atoms with Crippen LogP contribution in [0, 0.1) is 11.6 Å². The van der Waals surface area contributed by atoms with Crippen LogP contribution in [0.15, 0.2) is 40.9 Å². The van der Waals surface area contributed by atoms with Gasteiger partial charge in [-0.3, -0.25) is 0 Å². The third-order valence-electron chi connectivity index (χ3n) is 3.04. The number of hydrogen-bond donors (Lipinski definition) is 0. The van der Waals surface area contributed by atoms with E-state index >= 15 is 0 Å². The fourth-order valence-corrected chi connectivity index (χ4v) is 2.20. The van der Waals surface area contributed by atoms with Crippen LogP contribution in [0.1, 0.15) is 11.1 Å². The molecule has 5 heteroatoms. The van der Waals surface area contributed by atoms with Gasteiger partial charge in [-0.15, -0.1) is 0 Å². The topological polar surface area (TPSA) is 18.5 Å². The molecular formula is C16H15BrF2O2. The van der Waals surface area contributed by atoms with Crippen LogP contribution in [0.2, 0.25) is 0 Å². The summed E-state index contributed by atoms with van der Waals surface area (Å²) < 4.78 is 38.0. The standard InChI is InChI=1S/C16H15BrF2O2/c1-20-9-8-11-2-4-12(5-3-11)21-10-13-15(18)7-6-14(17)16(13)19/h2-7H,8-10H2,1H3. The summed E-state index contributed by atoms with van der Waals surface area (Å²) in [6, 6.07) is 9.90. The van der Waals surface area contributed by atoms with E-state index in [9.17, 15) is 8.78 Å². The van der Waals surface area contributed by atoms with E-state index in [1.54, 1.807) is 19.2 Å². The zero-order valence-corrected chi connectivity index (χ0v) is 13.1. The first kappa shape index (κ1) is 15.9. The third kappa shape index (κ3) is 4.25. The lowest BCUT2D eigenvalue weighted by molar-refractivity contribution is 0.202. The predicted molar refractivity (Wildman–Crippen MR) is 80.4 cm³/mol. The molecule has 0 N–H and O–H groups in total. The van der Waals surface area contributed by atoms with Crippen LogP contribution in [0.5, 0.6) is 5.75 Å². The largest absolute Gasteiger partial charge is 0.489 e. The quantitative estimate of drug-likeness (QED) is 0.709. The van der Waals surface area contributed by atoms with Crippen molar-refractivity contribution in [3.63, 3.8) is 0 Å². The first-order chi connectivity index (χ1) is 10.1. The summed E-state index contributed by atoms with van der Waals surface area (Å²) in [5, 5.41) is 0. The number of benzene rings is 2. The Bertz CT molecular complexity index is 600. The van der Waals surface area contributed by atoms with Crippen molar-refractivity contribution in [2.24, 2.45) is 0 Å². The van der Waals surface area contributed by atoms with Gasteiger partial charge in [0.25, 0.3) is 0 Å². The summed E-state index contributed by atoms with van der Waals surface area (Å²) >= 11 is 3.03. The van der Waals surface area contributed by atoms with Gasteiger partial charge in [0.15, 0.2) is 0 Å². The maximum absolute atomic E-state index is 13.8. The van der Waals surface area contributed by atoms with Crippen molar-refractivity contribution in [3.05, 3.63) is 63.6 Å². The second-order valence-electron chi connectivity index (χ2n) is 4.50. The maximum atomic E-state index is 13.8. The van der Waals surface area contributed by atoms with Crippen molar-refractivity contribution in [1.29, 1.82) is 0 Å². The lowest BCUT2D eigenvalue weighted by Gasteiger charge is -2.09. The summed E-state index contributed by atoms with van der Waals surface area (Å²) in [5.41, 5.74) is 1.02. The van der Waals surface area contributed by atoms with Crippen molar-refractivity contribution in [2.45, 2.75) is 13.0 Å². The van der Waals surface area contributed by atoms with E-state index in [0.29, 0.717) is 12.4 Å². The summed E-state index contributed by atoms with van der Waals surface area (Å²) in [5.74, 6) is -0.686. The fourth-order valence-electron chi connectivity index (χ4n) is 1.83. The second kappa shape index (κ2) is 7.52. The molecule has 0 saturated carbocycles. The van der Waals surface area contributed by atoms with E-state index in [2.05, 4.69) is 15.9 Å². The molecule has 0 aliphatic carbocycles. The fraction of sp³-hybridized carbons (Fsp3) is 0.250. The molecule has 0 aromatic heterocycles. The number of methoxy groups -OCH3 is 1. The molecule has 21 heavy (non-hydrogen) atoms. The predicted octanol–water partition coefficient (Wildman–Crippen LogP) is 4.50. The van der Waals surface area contributed by atoms with Crippen molar-refractivity contribution in [3.8, 4) is 5.75 Å². The first-order valence-corrected chi connectivity index (χ1v) is 7.24. The SMILES string of the molecule is COCCc1ccc(OCc2c(F)ccc(Br)c2F)cc1. The molecule has 2 aromatic rings. The van der Waals surface area contributed by atoms with E-state index < -0.39 is 11.6 Å². The molecule has 0 bridgehead atoms. The molecule has 112 valence electrons. The number of halogens is 3. The Morgan fingerprint density at radius 2 is 1.76 bits per heavy atom. The Hall–Kier alpha value is -1.46. The van der Waals surface area contributed by atoms with Crippen LogP contribution in [0.3, 0.4) is 0 Å². The minimum absolute atomic E-state index is 0.0900. The first-order valence-electron chi connectivity index (χ1n) is 6.45. The highest BCUT2D eigenvalue weighted by Gasteiger charge is 2.12. The average Bonchev–Trinajstić information content (AvgIpc) is 2.50. The van der Waals surface area contributed by atoms with Gasteiger partial charge >= 0.3 is 0 Å². The van der Waals surface area contributed by atoms with Gasteiger partial charge in [-0.2, -0.15) is 0 Å². The molecule has 0 amide bonds. The van der Waals surface area contributed by atoms with Crippen molar-refractivity contribution < 1.29 is 18.3 Å². The minimum Gasteiger partial charge on any atom is -0.489 e. The normalized spacial score (nSPS) is 10.7.